The van der Waals surface area contributed by atoms with Gasteiger partial charge in [0.1, 0.15) is 0 Å². The quantitative estimate of drug-likeness (QED) is 0.814. The van der Waals surface area contributed by atoms with Gasteiger partial charge in [-0.25, -0.2) is 0 Å². The summed E-state index contributed by atoms with van der Waals surface area (Å²) in [7, 11) is 5.82. The van der Waals surface area contributed by atoms with Crippen LogP contribution in [-0.4, -0.2) is 39.4 Å². The molecule has 0 spiro atoms. The number of pyridine rings is 1. The van der Waals surface area contributed by atoms with Crippen molar-refractivity contribution in [2.75, 3.05) is 28.4 Å². The van der Waals surface area contributed by atoms with Crippen molar-refractivity contribution in [1.29, 1.82) is 0 Å². The van der Waals surface area contributed by atoms with E-state index in [9.17, 15) is 9.59 Å². The first-order valence-corrected chi connectivity index (χ1v) is 6.97. The highest BCUT2D eigenvalue weighted by atomic mass is 16.5. The van der Waals surface area contributed by atoms with E-state index in [-0.39, 0.29) is 24.4 Å². The summed E-state index contributed by atoms with van der Waals surface area (Å²) in [5, 5.41) is 1.32. The van der Waals surface area contributed by atoms with Gasteiger partial charge in [0.2, 0.25) is 5.88 Å². The molecule has 0 saturated carbocycles. The topological polar surface area (TPSA) is 86.9 Å². The summed E-state index contributed by atoms with van der Waals surface area (Å²) in [4.78, 5) is 26.4. The molecule has 0 bridgehead atoms. The average Bonchev–Trinajstić information content (AvgIpc) is 2.58. The van der Waals surface area contributed by atoms with Crippen LogP contribution < -0.4 is 19.8 Å². The van der Waals surface area contributed by atoms with Gasteiger partial charge in [-0.1, -0.05) is 0 Å². The Morgan fingerprint density at radius 1 is 1.00 bits per heavy atom. The Hall–Kier alpha value is -2.70. The molecule has 0 fully saturated rings. The molecule has 0 saturated heterocycles. The van der Waals surface area contributed by atoms with E-state index in [1.807, 2.05) is 0 Å². The fraction of sp³-hybridized carbons (Fsp3) is 0.375. The molecule has 7 nitrogen and oxygen atoms in total. The minimum Gasteiger partial charge on any atom is -0.493 e. The molecule has 124 valence electrons. The maximum atomic E-state index is 12.3. The van der Waals surface area contributed by atoms with Crippen molar-refractivity contribution in [3.8, 4) is 17.4 Å². The molecule has 7 heteroatoms. The summed E-state index contributed by atoms with van der Waals surface area (Å²) < 4.78 is 20.4. The maximum Gasteiger partial charge on any atom is 0.305 e. The Labute approximate surface area is 133 Å². The van der Waals surface area contributed by atoms with Gasteiger partial charge in [-0.2, -0.15) is 0 Å². The molecule has 1 aromatic heterocycles. The van der Waals surface area contributed by atoms with Gasteiger partial charge in [-0.15, -0.1) is 0 Å². The van der Waals surface area contributed by atoms with E-state index in [1.165, 1.54) is 28.4 Å². The number of aromatic nitrogens is 1. The minimum absolute atomic E-state index is 0.107. The Balaban J connectivity index is 2.68. The smallest absolute Gasteiger partial charge is 0.305 e. The number of esters is 1. The number of rotatable bonds is 6. The zero-order valence-electron chi connectivity index (χ0n) is 13.5. The molecule has 0 amide bonds. The highest BCUT2D eigenvalue weighted by Gasteiger charge is 2.17. The van der Waals surface area contributed by atoms with Crippen LogP contribution in [0, 0.1) is 0 Å². The van der Waals surface area contributed by atoms with Crippen molar-refractivity contribution >= 4 is 16.7 Å². The fourth-order valence-corrected chi connectivity index (χ4v) is 2.42. The van der Waals surface area contributed by atoms with Gasteiger partial charge in [0.05, 0.1) is 28.4 Å². The van der Waals surface area contributed by atoms with Crippen LogP contribution in [0.4, 0.5) is 0 Å². The number of methoxy groups -OCH3 is 4. The number of fused-ring (bicyclic) bond motifs is 1. The van der Waals surface area contributed by atoms with Crippen LogP contribution in [0.5, 0.6) is 17.4 Å². The molecule has 1 heterocycles. The zero-order valence-corrected chi connectivity index (χ0v) is 13.5. The van der Waals surface area contributed by atoms with Crippen molar-refractivity contribution in [2.45, 2.75) is 12.8 Å². The lowest BCUT2D eigenvalue weighted by Gasteiger charge is -2.13. The summed E-state index contributed by atoms with van der Waals surface area (Å²) >= 11 is 0. The first-order chi connectivity index (χ1) is 11.0. The van der Waals surface area contributed by atoms with Crippen molar-refractivity contribution in [3.05, 3.63) is 28.0 Å². The van der Waals surface area contributed by atoms with Gasteiger partial charge in [-0.3, -0.25) is 14.6 Å². The second-order valence-electron chi connectivity index (χ2n) is 4.79. The van der Waals surface area contributed by atoms with Crippen molar-refractivity contribution in [2.24, 2.45) is 0 Å². The van der Waals surface area contributed by atoms with Gasteiger partial charge < -0.3 is 18.9 Å². The zero-order chi connectivity index (χ0) is 17.0. The van der Waals surface area contributed by atoms with Crippen molar-refractivity contribution < 1.29 is 23.7 Å². The van der Waals surface area contributed by atoms with Crippen LogP contribution in [0.1, 0.15) is 12.0 Å². The van der Waals surface area contributed by atoms with E-state index in [0.717, 1.165) is 0 Å². The predicted molar refractivity (Wildman–Crippen MR) is 84.6 cm³/mol. The van der Waals surface area contributed by atoms with Crippen LogP contribution in [0.15, 0.2) is 16.9 Å². The summed E-state index contributed by atoms with van der Waals surface area (Å²) in [5.74, 6) is 0.956. The second kappa shape index (κ2) is 7.04. The molecule has 0 radical (unpaired) electrons. The van der Waals surface area contributed by atoms with E-state index < -0.39 is 0 Å². The monoisotopic (exact) mass is 321 g/mol. The Morgan fingerprint density at radius 2 is 1.61 bits per heavy atom. The first kappa shape index (κ1) is 16.7. The molecule has 23 heavy (non-hydrogen) atoms. The second-order valence-corrected chi connectivity index (χ2v) is 4.79. The standard InChI is InChI=1S/C16H19NO6/c1-20-12-7-10-9(5-6-14(18)22-3)15(19)17-16(23-4)11(10)8-13(12)21-2/h7-8H,5-6H2,1-4H3,(H,17,19). The summed E-state index contributed by atoms with van der Waals surface area (Å²) in [5.41, 5.74) is 0.151. The van der Waals surface area contributed by atoms with Crippen LogP contribution in [0.2, 0.25) is 0 Å². The Kier molecular flexibility index (Phi) is 5.10. The Morgan fingerprint density at radius 3 is 2.13 bits per heavy atom. The maximum absolute atomic E-state index is 12.3. The van der Waals surface area contributed by atoms with E-state index >= 15 is 0 Å². The summed E-state index contributed by atoms with van der Waals surface area (Å²) in [6.45, 7) is 0. The third-order valence-corrected chi connectivity index (χ3v) is 3.61. The van der Waals surface area contributed by atoms with E-state index in [1.54, 1.807) is 12.1 Å². The third kappa shape index (κ3) is 3.23. The van der Waals surface area contributed by atoms with Crippen molar-refractivity contribution in [3.63, 3.8) is 0 Å². The molecule has 0 atom stereocenters. The number of carbonyl (C=O) groups excluding carboxylic acids is 1. The molecule has 0 aliphatic carbocycles. The van der Waals surface area contributed by atoms with Crippen LogP contribution in [0.3, 0.4) is 0 Å². The SMILES string of the molecule is COC(=O)CCc1c(=O)[nH]c(OC)c2cc(OC)c(OC)cc12. The minimum atomic E-state index is -0.381. The number of aryl methyl sites for hydroxylation is 1. The van der Waals surface area contributed by atoms with Gasteiger partial charge in [-0.05, 0) is 23.9 Å². The van der Waals surface area contributed by atoms with E-state index in [4.69, 9.17) is 14.2 Å². The van der Waals surface area contributed by atoms with Gasteiger partial charge in [0.15, 0.2) is 11.5 Å². The number of hydrogen-bond acceptors (Lipinski definition) is 6. The molecule has 1 aromatic carbocycles. The molecule has 2 aromatic rings. The number of aromatic amines is 1. The lowest BCUT2D eigenvalue weighted by atomic mass is 10.0. The highest BCUT2D eigenvalue weighted by Crippen LogP contribution is 2.36. The predicted octanol–water partition coefficient (Wildman–Crippen LogP) is 1.66. The largest absolute Gasteiger partial charge is 0.493 e. The Bertz CT molecular complexity index is 780. The fourth-order valence-electron chi connectivity index (χ4n) is 2.42. The van der Waals surface area contributed by atoms with Crippen LogP contribution in [-0.2, 0) is 16.0 Å². The molecule has 0 unspecified atom stereocenters. The first-order valence-electron chi connectivity index (χ1n) is 6.97. The van der Waals surface area contributed by atoms with Gasteiger partial charge in [0, 0.05) is 17.4 Å². The number of H-pyrrole nitrogens is 1. The number of nitrogens with one attached hydrogen (secondary N) is 1. The number of ether oxygens (including phenoxy) is 4. The average molecular weight is 321 g/mol. The number of carbonyl (C=O) groups is 1. The summed E-state index contributed by atoms with van der Waals surface area (Å²) in [6, 6.07) is 3.43. The van der Waals surface area contributed by atoms with Gasteiger partial charge >= 0.3 is 5.97 Å². The lowest BCUT2D eigenvalue weighted by Crippen LogP contribution is -2.16. The van der Waals surface area contributed by atoms with E-state index in [2.05, 4.69) is 9.72 Å². The third-order valence-electron chi connectivity index (χ3n) is 3.61. The summed E-state index contributed by atoms with van der Waals surface area (Å²) in [6.07, 6.45) is 0.355. The highest BCUT2D eigenvalue weighted by molar-refractivity contribution is 5.92. The number of benzene rings is 1. The van der Waals surface area contributed by atoms with Crippen molar-refractivity contribution in [1.82, 2.24) is 4.98 Å². The molecular formula is C16H19NO6. The molecule has 2 rings (SSSR count). The van der Waals surface area contributed by atoms with E-state index in [0.29, 0.717) is 33.7 Å². The molecule has 1 N–H and O–H groups in total. The normalized spacial score (nSPS) is 10.4. The molecular weight excluding hydrogens is 302 g/mol. The molecule has 0 aliphatic rings. The lowest BCUT2D eigenvalue weighted by molar-refractivity contribution is -0.140. The van der Waals surface area contributed by atoms with Gasteiger partial charge in [0.25, 0.3) is 5.56 Å². The van der Waals surface area contributed by atoms with Crippen LogP contribution >= 0.6 is 0 Å². The van der Waals surface area contributed by atoms with Crippen LogP contribution in [0.25, 0.3) is 10.8 Å². The number of hydrogen-bond donors (Lipinski definition) is 1. The molecule has 0 aliphatic heterocycles.